The third-order valence-corrected chi connectivity index (χ3v) is 6.05. The van der Waals surface area contributed by atoms with Gasteiger partial charge in [-0.3, -0.25) is 0 Å². The molecule has 5 heteroatoms. The number of anilines is 1. The van der Waals surface area contributed by atoms with Crippen LogP contribution in [0.2, 0.25) is 5.15 Å². The number of likely N-dealkylation sites (N-methyl/N-ethyl adjacent to an activating group) is 1. The van der Waals surface area contributed by atoms with Gasteiger partial charge >= 0.3 is 0 Å². The number of rotatable bonds is 2. The van der Waals surface area contributed by atoms with Crippen molar-refractivity contribution in [1.82, 2.24) is 14.9 Å². The van der Waals surface area contributed by atoms with Gasteiger partial charge in [-0.15, -0.1) is 0 Å². The van der Waals surface area contributed by atoms with E-state index in [2.05, 4.69) is 51.6 Å². The summed E-state index contributed by atoms with van der Waals surface area (Å²) in [5, 5.41) is 5.63. The summed E-state index contributed by atoms with van der Waals surface area (Å²) in [6.07, 6.45) is 6.29. The quantitative estimate of drug-likeness (QED) is 0.684. The SMILES string of the molecule is CN1C[C@H](Nc2ccc(Cl)nc2)CC2c3cccc4[nH]cc(c34)C[C@H]21. The Balaban J connectivity index is 1.47. The Labute approximate surface area is 152 Å². The summed E-state index contributed by atoms with van der Waals surface area (Å²) in [4.78, 5) is 10.1. The Bertz CT molecular complexity index is 917. The summed E-state index contributed by atoms with van der Waals surface area (Å²) in [5.41, 5.74) is 5.27. The van der Waals surface area contributed by atoms with E-state index in [-0.39, 0.29) is 0 Å². The maximum Gasteiger partial charge on any atom is 0.129 e. The molecule has 3 atom stereocenters. The van der Waals surface area contributed by atoms with Crippen LogP contribution < -0.4 is 5.32 Å². The minimum Gasteiger partial charge on any atom is -0.380 e. The van der Waals surface area contributed by atoms with E-state index in [0.29, 0.717) is 23.2 Å². The largest absolute Gasteiger partial charge is 0.380 e. The number of pyridine rings is 1. The van der Waals surface area contributed by atoms with Crippen molar-refractivity contribution in [3.8, 4) is 0 Å². The molecule has 0 amide bonds. The molecule has 0 saturated carbocycles. The summed E-state index contributed by atoms with van der Waals surface area (Å²) >= 11 is 5.90. The number of nitrogens with one attached hydrogen (secondary N) is 2. The molecular formula is C20H21ClN4. The fourth-order valence-corrected chi connectivity index (χ4v) is 4.86. The predicted molar refractivity (Wildman–Crippen MR) is 102 cm³/mol. The Morgan fingerprint density at radius 2 is 2.20 bits per heavy atom. The molecule has 0 bridgehead atoms. The molecule has 1 aliphatic carbocycles. The van der Waals surface area contributed by atoms with Crippen molar-refractivity contribution < 1.29 is 0 Å². The maximum absolute atomic E-state index is 5.90. The van der Waals surface area contributed by atoms with E-state index in [0.717, 1.165) is 25.1 Å². The zero-order valence-corrected chi connectivity index (χ0v) is 14.9. The second-order valence-electron chi connectivity index (χ2n) is 7.35. The molecule has 1 fully saturated rings. The van der Waals surface area contributed by atoms with E-state index in [9.17, 15) is 0 Å². The summed E-state index contributed by atoms with van der Waals surface area (Å²) in [6.45, 7) is 1.04. The van der Waals surface area contributed by atoms with Crippen LogP contribution in [-0.2, 0) is 6.42 Å². The van der Waals surface area contributed by atoms with Crippen molar-refractivity contribution in [3.05, 3.63) is 59.0 Å². The van der Waals surface area contributed by atoms with Crippen LogP contribution in [0.5, 0.6) is 0 Å². The van der Waals surface area contributed by atoms with Crippen LogP contribution in [0.25, 0.3) is 10.9 Å². The van der Waals surface area contributed by atoms with Gasteiger partial charge in [0.25, 0.3) is 0 Å². The number of hydrogen-bond donors (Lipinski definition) is 2. The van der Waals surface area contributed by atoms with Crippen LogP contribution in [0.15, 0.2) is 42.7 Å². The highest BCUT2D eigenvalue weighted by molar-refractivity contribution is 6.29. The van der Waals surface area contributed by atoms with Gasteiger partial charge in [0.2, 0.25) is 0 Å². The third kappa shape index (κ3) is 2.52. The molecule has 4 nitrogen and oxygen atoms in total. The number of hydrogen-bond acceptors (Lipinski definition) is 3. The molecule has 25 heavy (non-hydrogen) atoms. The van der Waals surface area contributed by atoms with Gasteiger partial charge in [-0.1, -0.05) is 23.7 Å². The molecule has 0 radical (unpaired) electrons. The first-order valence-corrected chi connectivity index (χ1v) is 9.24. The van der Waals surface area contributed by atoms with Gasteiger partial charge in [-0.05, 0) is 49.2 Å². The number of nitrogens with zero attached hydrogens (tertiary/aromatic N) is 2. The van der Waals surface area contributed by atoms with Gasteiger partial charge in [0.1, 0.15) is 5.15 Å². The van der Waals surface area contributed by atoms with Crippen LogP contribution in [0, 0.1) is 0 Å². The second kappa shape index (κ2) is 5.75. The first-order chi connectivity index (χ1) is 12.2. The van der Waals surface area contributed by atoms with Gasteiger partial charge in [-0.2, -0.15) is 0 Å². The molecule has 3 heterocycles. The molecule has 5 rings (SSSR count). The average Bonchev–Trinajstić information content (AvgIpc) is 3.03. The maximum atomic E-state index is 5.90. The molecule has 2 aromatic heterocycles. The minimum atomic E-state index is 0.407. The zero-order chi connectivity index (χ0) is 17.0. The van der Waals surface area contributed by atoms with Crippen molar-refractivity contribution >= 4 is 28.2 Å². The molecule has 0 spiro atoms. The van der Waals surface area contributed by atoms with Crippen LogP contribution in [0.3, 0.4) is 0 Å². The monoisotopic (exact) mass is 352 g/mol. The van der Waals surface area contributed by atoms with Gasteiger partial charge in [0.15, 0.2) is 0 Å². The number of H-pyrrole nitrogens is 1. The molecule has 2 aliphatic rings. The number of benzene rings is 1. The Morgan fingerprint density at radius 1 is 1.28 bits per heavy atom. The van der Waals surface area contributed by atoms with E-state index in [1.165, 1.54) is 22.0 Å². The van der Waals surface area contributed by atoms with Crippen molar-refractivity contribution in [2.75, 3.05) is 18.9 Å². The molecular weight excluding hydrogens is 332 g/mol. The van der Waals surface area contributed by atoms with E-state index in [4.69, 9.17) is 11.6 Å². The highest BCUT2D eigenvalue weighted by Gasteiger charge is 2.39. The van der Waals surface area contributed by atoms with E-state index >= 15 is 0 Å². The third-order valence-electron chi connectivity index (χ3n) is 5.82. The lowest BCUT2D eigenvalue weighted by Crippen LogP contribution is -2.51. The lowest BCUT2D eigenvalue weighted by Gasteiger charge is -2.45. The lowest BCUT2D eigenvalue weighted by molar-refractivity contribution is 0.147. The molecule has 1 aliphatic heterocycles. The zero-order valence-electron chi connectivity index (χ0n) is 14.2. The molecule has 1 aromatic carbocycles. The van der Waals surface area contributed by atoms with Crippen LogP contribution >= 0.6 is 11.6 Å². The van der Waals surface area contributed by atoms with Gasteiger partial charge < -0.3 is 15.2 Å². The molecule has 1 saturated heterocycles. The fourth-order valence-electron chi connectivity index (χ4n) is 4.74. The fraction of sp³-hybridized carbons (Fsp3) is 0.350. The Morgan fingerprint density at radius 3 is 3.04 bits per heavy atom. The van der Waals surface area contributed by atoms with Crippen molar-refractivity contribution in [2.45, 2.75) is 30.8 Å². The number of halogens is 1. The van der Waals surface area contributed by atoms with Crippen LogP contribution in [0.4, 0.5) is 5.69 Å². The standard InChI is InChI=1S/C20H21ClN4/c1-25-11-14(24-13-5-6-19(21)23-10-13)8-16-15-3-2-4-17-20(15)12(9-22-17)7-18(16)25/h2-6,9-10,14,16,18,22,24H,7-8,11H2,1H3/t14-,16?,18-/m1/s1. The molecule has 128 valence electrons. The summed E-state index contributed by atoms with van der Waals surface area (Å²) in [7, 11) is 2.25. The lowest BCUT2D eigenvalue weighted by atomic mass is 9.74. The Hall–Kier alpha value is -2.04. The minimum absolute atomic E-state index is 0.407. The number of aromatic nitrogens is 2. The van der Waals surface area contributed by atoms with Crippen molar-refractivity contribution in [3.63, 3.8) is 0 Å². The summed E-state index contributed by atoms with van der Waals surface area (Å²) in [5.74, 6) is 0.559. The van der Waals surface area contributed by atoms with Crippen LogP contribution in [-0.4, -0.2) is 40.5 Å². The Kier molecular flexibility index (Phi) is 3.50. The van der Waals surface area contributed by atoms with E-state index < -0.39 is 0 Å². The van der Waals surface area contributed by atoms with E-state index in [1.807, 2.05) is 18.3 Å². The molecule has 1 unspecified atom stereocenters. The highest BCUT2D eigenvalue weighted by Crippen LogP contribution is 2.43. The smallest absolute Gasteiger partial charge is 0.129 e. The first kappa shape index (κ1) is 15.2. The highest BCUT2D eigenvalue weighted by atomic mass is 35.5. The van der Waals surface area contributed by atoms with Crippen molar-refractivity contribution in [1.29, 1.82) is 0 Å². The van der Waals surface area contributed by atoms with Crippen LogP contribution in [0.1, 0.15) is 23.5 Å². The second-order valence-corrected chi connectivity index (χ2v) is 7.74. The predicted octanol–water partition coefficient (Wildman–Crippen LogP) is 4.04. The van der Waals surface area contributed by atoms with Gasteiger partial charge in [-0.25, -0.2) is 4.98 Å². The van der Waals surface area contributed by atoms with Gasteiger partial charge in [0.05, 0.1) is 11.9 Å². The number of aromatic amines is 1. The molecule has 3 aromatic rings. The van der Waals surface area contributed by atoms with E-state index in [1.54, 1.807) is 0 Å². The topological polar surface area (TPSA) is 44.0 Å². The first-order valence-electron chi connectivity index (χ1n) is 8.86. The van der Waals surface area contributed by atoms with Gasteiger partial charge in [0, 0.05) is 41.6 Å². The number of likely N-dealkylation sites (tertiary alicyclic amines) is 1. The number of fused-ring (bicyclic) bond motifs is 2. The average molecular weight is 353 g/mol. The number of piperidine rings is 1. The summed E-state index contributed by atoms with van der Waals surface area (Å²) in [6, 6.07) is 11.5. The molecule has 2 N–H and O–H groups in total. The summed E-state index contributed by atoms with van der Waals surface area (Å²) < 4.78 is 0. The van der Waals surface area contributed by atoms with Crippen molar-refractivity contribution in [2.24, 2.45) is 0 Å². The normalized spacial score (nSPS) is 25.8.